The van der Waals surface area contributed by atoms with Gasteiger partial charge >= 0.3 is 0 Å². The Bertz CT molecular complexity index is 195. The van der Waals surface area contributed by atoms with Gasteiger partial charge in [-0.05, 0) is 24.7 Å². The van der Waals surface area contributed by atoms with Crippen molar-refractivity contribution in [2.45, 2.75) is 0 Å². The Morgan fingerprint density at radius 1 is 1.67 bits per heavy atom. The molecule has 2 nitrogen and oxygen atoms in total. The fourth-order valence-electron chi connectivity index (χ4n) is 0.271. The summed E-state index contributed by atoms with van der Waals surface area (Å²) in [5.41, 5.74) is 0.586. The van der Waals surface area contributed by atoms with Crippen molar-refractivity contribution in [3.05, 3.63) is 18.9 Å². The van der Waals surface area contributed by atoms with E-state index in [1.807, 2.05) is 0 Å². The first kappa shape index (κ1) is 7.99. The van der Waals surface area contributed by atoms with E-state index in [1.54, 1.807) is 0 Å². The van der Waals surface area contributed by atoms with Gasteiger partial charge in [-0.1, -0.05) is 6.58 Å². The molecule has 0 aliphatic carbocycles. The van der Waals surface area contributed by atoms with Gasteiger partial charge in [-0.3, -0.25) is 0 Å². The zero-order valence-electron chi connectivity index (χ0n) is 4.92. The second-order valence-corrected chi connectivity index (χ2v) is 1.43. The molecule has 0 fully saturated rings. The molecule has 46 valence electrons. The van der Waals surface area contributed by atoms with Crippen LogP contribution in [0.15, 0.2) is 28.8 Å². The lowest BCUT2D eigenvalue weighted by Crippen LogP contribution is -1.79. The van der Waals surface area contributed by atoms with Gasteiger partial charge in [0.15, 0.2) is 0 Å². The molecule has 0 amide bonds. The molecule has 0 unspecified atom stereocenters. The van der Waals surface area contributed by atoms with Gasteiger partial charge in [0.2, 0.25) is 0 Å². The van der Waals surface area contributed by atoms with Gasteiger partial charge in [0.05, 0.1) is 17.4 Å². The number of rotatable bonds is 3. The molecule has 0 saturated heterocycles. The third kappa shape index (κ3) is 4.85. The molecule has 0 N–H and O–H groups in total. The second kappa shape index (κ2) is 5.13. The average Bonchev–Trinajstić information content (AvgIpc) is 1.85. The summed E-state index contributed by atoms with van der Waals surface area (Å²) in [4.78, 5) is 7.22. The highest BCUT2D eigenvalue weighted by atomic mass is 32.1. The highest BCUT2D eigenvalue weighted by Gasteiger charge is 1.81. The summed E-state index contributed by atoms with van der Waals surface area (Å²) in [6.07, 6.45) is 0. The van der Waals surface area contributed by atoms with E-state index in [1.165, 1.54) is 0 Å². The van der Waals surface area contributed by atoms with E-state index in [-0.39, 0.29) is 0 Å². The Morgan fingerprint density at radius 3 is 2.78 bits per heavy atom. The summed E-state index contributed by atoms with van der Waals surface area (Å²) >= 11 is 4.32. The van der Waals surface area contributed by atoms with Crippen LogP contribution >= 0.6 is 12.2 Å². The predicted molar refractivity (Wildman–Crippen MR) is 42.1 cm³/mol. The Kier molecular flexibility index (Phi) is 4.56. The molecule has 0 heterocycles. The van der Waals surface area contributed by atoms with E-state index in [2.05, 4.69) is 46.4 Å². The van der Waals surface area contributed by atoms with Crippen LogP contribution in [-0.2, 0) is 0 Å². The molecule has 0 aromatic heterocycles. The Labute approximate surface area is 59.3 Å². The lowest BCUT2D eigenvalue weighted by molar-refractivity contribution is 1.13. The van der Waals surface area contributed by atoms with E-state index in [0.29, 0.717) is 12.2 Å². The highest BCUT2D eigenvalue weighted by Crippen LogP contribution is 1.88. The van der Waals surface area contributed by atoms with Gasteiger partial charge in [-0.25, -0.2) is 9.98 Å². The van der Waals surface area contributed by atoms with Crippen LogP contribution in [0.2, 0.25) is 0 Å². The quantitative estimate of drug-likeness (QED) is 0.428. The average molecular weight is 138 g/mol. The van der Waals surface area contributed by atoms with Gasteiger partial charge in [0.25, 0.3) is 0 Å². The molecule has 3 heteroatoms. The van der Waals surface area contributed by atoms with Crippen molar-refractivity contribution in [1.29, 1.82) is 0 Å². The van der Waals surface area contributed by atoms with Gasteiger partial charge in [-0.15, -0.1) is 0 Å². The summed E-state index contributed by atoms with van der Waals surface area (Å²) in [6, 6.07) is 0. The molecule has 0 radical (unpaired) electrons. The lowest BCUT2D eigenvalue weighted by Gasteiger charge is -1.84. The number of hydrogen-bond acceptors (Lipinski definition) is 3. The Morgan fingerprint density at radius 2 is 2.33 bits per heavy atom. The van der Waals surface area contributed by atoms with E-state index in [0.717, 1.165) is 0 Å². The lowest BCUT2D eigenvalue weighted by atomic mass is 10.5. The van der Waals surface area contributed by atoms with Crippen LogP contribution in [0.3, 0.4) is 0 Å². The van der Waals surface area contributed by atoms with Crippen LogP contribution < -0.4 is 0 Å². The third-order valence-corrected chi connectivity index (χ3v) is 0.692. The maximum atomic E-state index is 4.32. The molecule has 0 aliphatic rings. The zero-order chi connectivity index (χ0) is 7.11. The van der Waals surface area contributed by atoms with Crippen LogP contribution in [0.25, 0.3) is 0 Å². The first-order valence-corrected chi connectivity index (χ1v) is 2.66. The maximum Gasteiger partial charge on any atom is 0.0916 e. The van der Waals surface area contributed by atoms with Crippen LogP contribution in [0, 0.1) is 0 Å². The fraction of sp³-hybridized carbons (Fsp3) is 0.167. The van der Waals surface area contributed by atoms with E-state index in [4.69, 9.17) is 0 Å². The number of aliphatic imine (C=N–C) groups is 2. The van der Waals surface area contributed by atoms with Crippen molar-refractivity contribution in [3.8, 4) is 0 Å². The largest absolute Gasteiger partial charge is 0.226 e. The minimum absolute atomic E-state index is 0.381. The maximum absolute atomic E-state index is 4.32. The molecule has 0 aromatic carbocycles. The summed E-state index contributed by atoms with van der Waals surface area (Å²) in [5, 5.41) is 2.20. The van der Waals surface area contributed by atoms with Crippen LogP contribution in [-0.4, -0.2) is 17.6 Å². The smallest absolute Gasteiger partial charge is 0.0916 e. The first-order chi connectivity index (χ1) is 4.31. The molecule has 9 heavy (non-hydrogen) atoms. The molecular weight excluding hydrogens is 132 g/mol. The van der Waals surface area contributed by atoms with Gasteiger partial charge in [0, 0.05) is 0 Å². The number of isothiocyanates is 1. The molecule has 0 atom stereocenters. The first-order valence-electron chi connectivity index (χ1n) is 2.25. The molecule has 0 saturated carbocycles. The van der Waals surface area contributed by atoms with Crippen molar-refractivity contribution in [2.24, 2.45) is 9.98 Å². The Balaban J connectivity index is 3.77. The van der Waals surface area contributed by atoms with Crippen LogP contribution in [0.4, 0.5) is 0 Å². The van der Waals surface area contributed by atoms with Crippen molar-refractivity contribution in [1.82, 2.24) is 0 Å². The molecular formula is C6H6N2S. The minimum Gasteiger partial charge on any atom is -0.226 e. The van der Waals surface area contributed by atoms with Crippen LogP contribution in [0.5, 0.6) is 0 Å². The standard InChI is InChI=1S/C6H6N2S/c1-3-8-6(2)4-7-5-9/h1-2,4H2. The highest BCUT2D eigenvalue weighted by molar-refractivity contribution is 7.78. The second-order valence-electron chi connectivity index (χ2n) is 1.24. The van der Waals surface area contributed by atoms with E-state index in [9.17, 15) is 0 Å². The van der Waals surface area contributed by atoms with E-state index >= 15 is 0 Å². The fourth-order valence-corrected chi connectivity index (χ4v) is 0.335. The topological polar surface area (TPSA) is 24.7 Å². The van der Waals surface area contributed by atoms with Gasteiger partial charge < -0.3 is 0 Å². The van der Waals surface area contributed by atoms with Crippen molar-refractivity contribution >= 4 is 23.2 Å². The molecule has 0 aromatic rings. The minimum atomic E-state index is 0.381. The molecule has 0 spiro atoms. The summed E-state index contributed by atoms with van der Waals surface area (Å²) in [5.74, 6) is 2.33. The third-order valence-electron chi connectivity index (χ3n) is 0.563. The monoisotopic (exact) mass is 138 g/mol. The summed E-state index contributed by atoms with van der Waals surface area (Å²) in [7, 11) is 0. The molecule has 0 rings (SSSR count). The van der Waals surface area contributed by atoms with Crippen molar-refractivity contribution < 1.29 is 0 Å². The van der Waals surface area contributed by atoms with Crippen molar-refractivity contribution in [3.63, 3.8) is 0 Å². The molecule has 0 bridgehead atoms. The number of nitrogens with zero attached hydrogens (tertiary/aromatic N) is 2. The van der Waals surface area contributed by atoms with Gasteiger partial charge in [-0.2, -0.15) is 0 Å². The molecule has 0 aliphatic heterocycles. The number of hydrogen-bond donors (Lipinski definition) is 0. The normalized spacial score (nSPS) is 6.67. The van der Waals surface area contributed by atoms with Gasteiger partial charge in [0.1, 0.15) is 0 Å². The van der Waals surface area contributed by atoms with E-state index < -0.39 is 0 Å². The Hall–Kier alpha value is -1.01. The van der Waals surface area contributed by atoms with Crippen molar-refractivity contribution in [2.75, 3.05) is 6.54 Å². The van der Waals surface area contributed by atoms with Crippen LogP contribution in [0.1, 0.15) is 0 Å². The number of thiocarbonyl (C=S) groups is 1. The SMILES string of the molecule is C=C=NC(=C)CN=C=S. The summed E-state index contributed by atoms with van der Waals surface area (Å²) in [6.45, 7) is 7.18. The summed E-state index contributed by atoms with van der Waals surface area (Å²) < 4.78 is 0. The zero-order valence-corrected chi connectivity index (χ0v) is 5.74. The predicted octanol–water partition coefficient (Wildman–Crippen LogP) is 1.46.